The normalized spacial score (nSPS) is 27.2. The highest BCUT2D eigenvalue weighted by Gasteiger charge is 2.39. The van der Waals surface area contributed by atoms with Crippen molar-refractivity contribution < 1.29 is 14.2 Å². The molecule has 4 unspecified atom stereocenters. The van der Waals surface area contributed by atoms with Gasteiger partial charge in [-0.3, -0.25) is 0 Å². The molecule has 0 bridgehead atoms. The van der Waals surface area contributed by atoms with E-state index in [1.165, 1.54) is 12.8 Å². The summed E-state index contributed by atoms with van der Waals surface area (Å²) in [6, 6.07) is 0. The highest BCUT2D eigenvalue weighted by Crippen LogP contribution is 2.33. The van der Waals surface area contributed by atoms with Crippen LogP contribution in [0.5, 0.6) is 0 Å². The van der Waals surface area contributed by atoms with E-state index in [9.17, 15) is 0 Å². The largest absolute Gasteiger partial charge is 0.380 e. The third-order valence-corrected chi connectivity index (χ3v) is 4.98. The number of ether oxygens (including phenoxy) is 3. The molecule has 0 amide bonds. The average Bonchev–Trinajstić information content (AvgIpc) is 2.30. The molecule has 0 aromatic carbocycles. The molecule has 0 N–H and O–H groups in total. The molecule has 2 aliphatic heterocycles. The molecule has 2 rings (SSSR count). The van der Waals surface area contributed by atoms with Gasteiger partial charge in [-0.25, -0.2) is 0 Å². The lowest BCUT2D eigenvalue weighted by molar-refractivity contribution is -0.199. The molecule has 0 saturated carbocycles. The van der Waals surface area contributed by atoms with Crippen LogP contribution in [0.15, 0.2) is 0 Å². The summed E-state index contributed by atoms with van der Waals surface area (Å²) in [6.45, 7) is 12.7. The molecule has 0 aliphatic carbocycles. The van der Waals surface area contributed by atoms with Gasteiger partial charge >= 0.3 is 0 Å². The zero-order valence-electron chi connectivity index (χ0n) is 12.9. The smallest absolute Gasteiger partial charge is 0.0676 e. The maximum atomic E-state index is 6.60. The van der Waals surface area contributed by atoms with Crippen molar-refractivity contribution in [3.05, 3.63) is 0 Å². The summed E-state index contributed by atoms with van der Waals surface area (Å²) >= 11 is 0. The second kappa shape index (κ2) is 7.05. The minimum absolute atomic E-state index is 0.360. The van der Waals surface area contributed by atoms with Gasteiger partial charge in [0.2, 0.25) is 0 Å². The molecule has 2 heterocycles. The monoisotopic (exact) mass is 270 g/mol. The van der Waals surface area contributed by atoms with E-state index in [-0.39, 0.29) is 0 Å². The Bertz CT molecular complexity index is 225. The van der Waals surface area contributed by atoms with Crippen molar-refractivity contribution in [2.45, 2.75) is 52.7 Å². The van der Waals surface area contributed by atoms with Crippen LogP contribution >= 0.6 is 0 Å². The summed E-state index contributed by atoms with van der Waals surface area (Å²) in [7, 11) is 0. The van der Waals surface area contributed by atoms with Crippen LogP contribution in [0.25, 0.3) is 0 Å². The van der Waals surface area contributed by atoms with Gasteiger partial charge in [0.1, 0.15) is 0 Å². The van der Waals surface area contributed by atoms with Crippen LogP contribution in [0, 0.1) is 23.7 Å². The predicted octanol–water partition coefficient (Wildman–Crippen LogP) is 3.13. The summed E-state index contributed by atoms with van der Waals surface area (Å²) in [4.78, 5) is 0. The molecule has 19 heavy (non-hydrogen) atoms. The molecule has 3 heteroatoms. The minimum atomic E-state index is 0.360. The topological polar surface area (TPSA) is 27.7 Å². The van der Waals surface area contributed by atoms with Gasteiger partial charge in [-0.1, -0.05) is 40.5 Å². The second-order valence-corrected chi connectivity index (χ2v) is 6.43. The van der Waals surface area contributed by atoms with Crippen LogP contribution in [0.2, 0.25) is 0 Å². The molecular formula is C16H30O3. The fourth-order valence-corrected chi connectivity index (χ4v) is 2.95. The maximum Gasteiger partial charge on any atom is 0.0676 e. The third-order valence-electron chi connectivity index (χ3n) is 4.98. The van der Waals surface area contributed by atoms with Gasteiger partial charge in [0.15, 0.2) is 0 Å². The van der Waals surface area contributed by atoms with Crippen molar-refractivity contribution in [1.82, 2.24) is 0 Å². The molecule has 4 atom stereocenters. The Balaban J connectivity index is 1.98. The highest BCUT2D eigenvalue weighted by atomic mass is 16.5. The summed E-state index contributed by atoms with van der Waals surface area (Å²) in [5.41, 5.74) is 0. The molecule has 3 nitrogen and oxygen atoms in total. The number of hydrogen-bond donors (Lipinski definition) is 0. The maximum absolute atomic E-state index is 6.60. The van der Waals surface area contributed by atoms with Crippen molar-refractivity contribution in [3.8, 4) is 0 Å². The first kappa shape index (κ1) is 15.3. The van der Waals surface area contributed by atoms with Gasteiger partial charge in [0, 0.05) is 11.8 Å². The molecule has 112 valence electrons. The first-order valence-corrected chi connectivity index (χ1v) is 7.98. The van der Waals surface area contributed by atoms with Crippen LogP contribution < -0.4 is 0 Å². The zero-order valence-corrected chi connectivity index (χ0v) is 12.9. The standard InChI is InChI=1S/C16H30O3/c1-5-11(3)15(13-7-17-8-13)19-16(12(4)6-2)14-9-18-10-14/h11-16H,5-10H2,1-4H3. The zero-order chi connectivity index (χ0) is 13.8. The average molecular weight is 270 g/mol. The molecule has 0 radical (unpaired) electrons. The lowest BCUT2D eigenvalue weighted by atomic mass is 9.85. The molecule has 0 spiro atoms. The third kappa shape index (κ3) is 3.50. The number of hydrogen-bond acceptors (Lipinski definition) is 3. The second-order valence-electron chi connectivity index (χ2n) is 6.43. The highest BCUT2D eigenvalue weighted by molar-refractivity contribution is 4.85. The SMILES string of the molecule is CCC(C)C(OC(C(C)CC)C1COC1)C1COC1. The first-order chi connectivity index (χ1) is 9.17. The van der Waals surface area contributed by atoms with E-state index < -0.39 is 0 Å². The summed E-state index contributed by atoms with van der Waals surface area (Å²) in [5, 5.41) is 0. The minimum Gasteiger partial charge on any atom is -0.380 e. The summed E-state index contributed by atoms with van der Waals surface area (Å²) in [6.07, 6.45) is 3.07. The first-order valence-electron chi connectivity index (χ1n) is 7.98. The quantitative estimate of drug-likeness (QED) is 0.678. The Morgan fingerprint density at radius 2 is 1.21 bits per heavy atom. The van der Waals surface area contributed by atoms with Crippen LogP contribution in [-0.2, 0) is 14.2 Å². The predicted molar refractivity (Wildman–Crippen MR) is 76.2 cm³/mol. The van der Waals surface area contributed by atoms with E-state index in [0.717, 1.165) is 26.4 Å². The van der Waals surface area contributed by atoms with Gasteiger partial charge < -0.3 is 14.2 Å². The van der Waals surface area contributed by atoms with Crippen molar-refractivity contribution in [2.24, 2.45) is 23.7 Å². The van der Waals surface area contributed by atoms with Crippen LogP contribution in [0.4, 0.5) is 0 Å². The lowest BCUT2D eigenvalue weighted by Crippen LogP contribution is -2.50. The van der Waals surface area contributed by atoms with E-state index in [1.807, 2.05) is 0 Å². The Kier molecular flexibility index (Phi) is 5.67. The van der Waals surface area contributed by atoms with Gasteiger partial charge in [-0.05, 0) is 11.8 Å². The molecule has 2 saturated heterocycles. The Labute approximate surface area is 118 Å². The Morgan fingerprint density at radius 3 is 1.42 bits per heavy atom. The van der Waals surface area contributed by atoms with Crippen LogP contribution in [-0.4, -0.2) is 38.6 Å². The van der Waals surface area contributed by atoms with E-state index in [1.54, 1.807) is 0 Å². The van der Waals surface area contributed by atoms with Gasteiger partial charge in [0.25, 0.3) is 0 Å². The van der Waals surface area contributed by atoms with Gasteiger partial charge in [0.05, 0.1) is 38.6 Å². The molecule has 0 aromatic rings. The molecule has 2 aliphatic rings. The molecule has 0 aromatic heterocycles. The van der Waals surface area contributed by atoms with Gasteiger partial charge in [-0.2, -0.15) is 0 Å². The van der Waals surface area contributed by atoms with Crippen molar-refractivity contribution in [2.75, 3.05) is 26.4 Å². The van der Waals surface area contributed by atoms with Crippen molar-refractivity contribution in [3.63, 3.8) is 0 Å². The Hall–Kier alpha value is -0.120. The fraction of sp³-hybridized carbons (Fsp3) is 1.00. The van der Waals surface area contributed by atoms with E-state index >= 15 is 0 Å². The lowest BCUT2D eigenvalue weighted by Gasteiger charge is -2.44. The van der Waals surface area contributed by atoms with Crippen molar-refractivity contribution in [1.29, 1.82) is 0 Å². The van der Waals surface area contributed by atoms with Crippen LogP contribution in [0.1, 0.15) is 40.5 Å². The van der Waals surface area contributed by atoms with Gasteiger partial charge in [-0.15, -0.1) is 0 Å². The Morgan fingerprint density at radius 1 is 0.842 bits per heavy atom. The van der Waals surface area contributed by atoms with E-state index in [2.05, 4.69) is 27.7 Å². The molecule has 2 fully saturated rings. The van der Waals surface area contributed by atoms with Crippen molar-refractivity contribution >= 4 is 0 Å². The summed E-state index contributed by atoms with van der Waals surface area (Å²) in [5.74, 6) is 2.42. The molecular weight excluding hydrogens is 240 g/mol. The number of rotatable bonds is 8. The van der Waals surface area contributed by atoms with Crippen LogP contribution in [0.3, 0.4) is 0 Å². The van der Waals surface area contributed by atoms with E-state index in [4.69, 9.17) is 14.2 Å². The summed E-state index contributed by atoms with van der Waals surface area (Å²) < 4.78 is 17.4. The fourth-order valence-electron chi connectivity index (χ4n) is 2.95. The van der Waals surface area contributed by atoms with E-state index in [0.29, 0.717) is 35.9 Å².